The van der Waals surface area contributed by atoms with Gasteiger partial charge in [0, 0.05) is 12.6 Å². The van der Waals surface area contributed by atoms with Crippen molar-refractivity contribution in [2.75, 3.05) is 26.2 Å². The van der Waals surface area contributed by atoms with Crippen molar-refractivity contribution in [1.29, 1.82) is 0 Å². The van der Waals surface area contributed by atoms with Gasteiger partial charge < -0.3 is 5.32 Å². The monoisotopic (exact) mass is 282 g/mol. The molecule has 2 unspecified atom stereocenters. The summed E-state index contributed by atoms with van der Waals surface area (Å²) in [7, 11) is 0. The average molecular weight is 283 g/mol. The Kier molecular flexibility index (Phi) is 8.13. The largest absolute Gasteiger partial charge is 0.315 e. The highest BCUT2D eigenvalue weighted by molar-refractivity contribution is 4.81. The average Bonchev–Trinajstić information content (AvgIpc) is 2.59. The zero-order chi connectivity index (χ0) is 15.1. The maximum atomic E-state index is 3.68. The van der Waals surface area contributed by atoms with Crippen molar-refractivity contribution < 1.29 is 0 Å². The maximum absolute atomic E-state index is 3.68. The van der Waals surface area contributed by atoms with Crippen LogP contribution in [0, 0.1) is 23.7 Å². The summed E-state index contributed by atoms with van der Waals surface area (Å²) < 4.78 is 0. The number of nitrogens with one attached hydrogen (secondary N) is 1. The van der Waals surface area contributed by atoms with Gasteiger partial charge in [0.05, 0.1) is 0 Å². The maximum Gasteiger partial charge on any atom is 0.0243 e. The number of rotatable bonds is 7. The summed E-state index contributed by atoms with van der Waals surface area (Å²) in [5.41, 5.74) is 0. The molecule has 0 radical (unpaired) electrons. The molecule has 2 heteroatoms. The molecule has 0 aromatic carbocycles. The highest BCUT2D eigenvalue weighted by atomic mass is 15.2. The standard InChI is InChI=1S/C18H38N2/c1-14(2)12-19-13-18(16(5)6)20-10-7-8-17(9-11-20)15(3)4/h14-19H,7-13H2,1-6H3. The Morgan fingerprint density at radius 3 is 2.20 bits per heavy atom. The molecule has 1 rings (SSSR count). The second kappa shape index (κ2) is 9.04. The van der Waals surface area contributed by atoms with Gasteiger partial charge in [-0.2, -0.15) is 0 Å². The molecule has 2 nitrogen and oxygen atoms in total. The predicted octanol–water partition coefficient (Wildman–Crippen LogP) is 4.01. The summed E-state index contributed by atoms with van der Waals surface area (Å²) in [5, 5.41) is 3.68. The molecule has 1 saturated heterocycles. The Hall–Kier alpha value is -0.0800. The predicted molar refractivity (Wildman–Crippen MR) is 90.1 cm³/mol. The van der Waals surface area contributed by atoms with Crippen LogP contribution >= 0.6 is 0 Å². The molecule has 0 spiro atoms. The lowest BCUT2D eigenvalue weighted by Crippen LogP contribution is -2.46. The molecule has 1 fully saturated rings. The third-order valence-corrected chi connectivity index (χ3v) is 4.89. The zero-order valence-electron chi connectivity index (χ0n) is 14.8. The van der Waals surface area contributed by atoms with Gasteiger partial charge in [0.2, 0.25) is 0 Å². The van der Waals surface area contributed by atoms with Crippen molar-refractivity contribution in [3.05, 3.63) is 0 Å². The topological polar surface area (TPSA) is 15.3 Å². The molecular weight excluding hydrogens is 244 g/mol. The van der Waals surface area contributed by atoms with Gasteiger partial charge in [0.1, 0.15) is 0 Å². The van der Waals surface area contributed by atoms with Gasteiger partial charge >= 0.3 is 0 Å². The third kappa shape index (κ3) is 6.13. The van der Waals surface area contributed by atoms with E-state index < -0.39 is 0 Å². The summed E-state index contributed by atoms with van der Waals surface area (Å²) in [4.78, 5) is 2.76. The minimum absolute atomic E-state index is 0.708. The van der Waals surface area contributed by atoms with E-state index in [9.17, 15) is 0 Å². The Bertz CT molecular complexity index is 248. The van der Waals surface area contributed by atoms with E-state index in [1.165, 1.54) is 32.4 Å². The van der Waals surface area contributed by atoms with E-state index in [4.69, 9.17) is 0 Å². The van der Waals surface area contributed by atoms with Gasteiger partial charge in [-0.05, 0) is 62.6 Å². The molecule has 0 saturated carbocycles. The molecule has 120 valence electrons. The molecule has 0 aliphatic carbocycles. The number of hydrogen-bond acceptors (Lipinski definition) is 2. The molecule has 1 aliphatic rings. The number of nitrogens with zero attached hydrogens (tertiary/aromatic N) is 1. The van der Waals surface area contributed by atoms with Crippen molar-refractivity contribution in [2.45, 2.75) is 66.8 Å². The van der Waals surface area contributed by atoms with Crippen LogP contribution in [-0.2, 0) is 0 Å². The van der Waals surface area contributed by atoms with Crippen LogP contribution in [0.1, 0.15) is 60.8 Å². The van der Waals surface area contributed by atoms with E-state index in [1.807, 2.05) is 0 Å². The summed E-state index contributed by atoms with van der Waals surface area (Å²) in [6, 6.07) is 0.708. The van der Waals surface area contributed by atoms with Crippen molar-refractivity contribution in [2.24, 2.45) is 23.7 Å². The molecular formula is C18H38N2. The Morgan fingerprint density at radius 2 is 1.65 bits per heavy atom. The lowest BCUT2D eigenvalue weighted by molar-refractivity contribution is 0.152. The van der Waals surface area contributed by atoms with Crippen LogP contribution in [-0.4, -0.2) is 37.1 Å². The van der Waals surface area contributed by atoms with E-state index in [0.29, 0.717) is 6.04 Å². The lowest BCUT2D eigenvalue weighted by atomic mass is 9.89. The summed E-state index contributed by atoms with van der Waals surface area (Å²) >= 11 is 0. The van der Waals surface area contributed by atoms with Crippen molar-refractivity contribution in [1.82, 2.24) is 10.2 Å². The molecule has 0 amide bonds. The first-order valence-corrected chi connectivity index (χ1v) is 8.86. The van der Waals surface area contributed by atoms with Gasteiger partial charge in [-0.15, -0.1) is 0 Å². The normalized spacial score (nSPS) is 23.6. The van der Waals surface area contributed by atoms with Crippen LogP contribution in [0.25, 0.3) is 0 Å². The highest BCUT2D eigenvalue weighted by Gasteiger charge is 2.26. The van der Waals surface area contributed by atoms with Gasteiger partial charge in [-0.1, -0.05) is 41.5 Å². The summed E-state index contributed by atoms with van der Waals surface area (Å²) in [5.74, 6) is 3.28. The fourth-order valence-corrected chi connectivity index (χ4v) is 3.45. The smallest absolute Gasteiger partial charge is 0.0243 e. The number of hydrogen-bond donors (Lipinski definition) is 1. The van der Waals surface area contributed by atoms with Crippen molar-refractivity contribution in [3.63, 3.8) is 0 Å². The van der Waals surface area contributed by atoms with Gasteiger partial charge in [0.15, 0.2) is 0 Å². The fraction of sp³-hybridized carbons (Fsp3) is 1.00. The summed E-state index contributed by atoms with van der Waals surface area (Å²) in [6.45, 7) is 19.0. The van der Waals surface area contributed by atoms with E-state index in [1.54, 1.807) is 0 Å². The first-order chi connectivity index (χ1) is 9.41. The Labute approximate surface area is 127 Å². The van der Waals surface area contributed by atoms with E-state index >= 15 is 0 Å². The first kappa shape index (κ1) is 18.0. The second-order valence-corrected chi connectivity index (χ2v) is 7.83. The first-order valence-electron chi connectivity index (χ1n) is 8.86. The molecule has 1 heterocycles. The van der Waals surface area contributed by atoms with Crippen LogP contribution in [0.15, 0.2) is 0 Å². The van der Waals surface area contributed by atoms with Gasteiger partial charge in [-0.25, -0.2) is 0 Å². The van der Waals surface area contributed by atoms with E-state index in [-0.39, 0.29) is 0 Å². The van der Waals surface area contributed by atoms with Crippen molar-refractivity contribution in [3.8, 4) is 0 Å². The molecule has 1 N–H and O–H groups in total. The van der Waals surface area contributed by atoms with Crippen LogP contribution in [0.5, 0.6) is 0 Å². The second-order valence-electron chi connectivity index (χ2n) is 7.83. The zero-order valence-corrected chi connectivity index (χ0v) is 14.8. The van der Waals surface area contributed by atoms with Gasteiger partial charge in [-0.3, -0.25) is 4.90 Å². The highest BCUT2D eigenvalue weighted by Crippen LogP contribution is 2.26. The van der Waals surface area contributed by atoms with Crippen LogP contribution in [0.2, 0.25) is 0 Å². The Morgan fingerprint density at radius 1 is 0.950 bits per heavy atom. The summed E-state index contributed by atoms with van der Waals surface area (Å²) in [6.07, 6.45) is 4.21. The minimum atomic E-state index is 0.708. The molecule has 0 aromatic rings. The fourth-order valence-electron chi connectivity index (χ4n) is 3.45. The molecule has 0 aromatic heterocycles. The van der Waals surface area contributed by atoms with Gasteiger partial charge in [0.25, 0.3) is 0 Å². The van der Waals surface area contributed by atoms with E-state index in [2.05, 4.69) is 51.8 Å². The SMILES string of the molecule is CC(C)CNCC(C(C)C)N1CCCC(C(C)C)CC1. The lowest BCUT2D eigenvalue weighted by Gasteiger charge is -2.34. The molecule has 1 aliphatic heterocycles. The number of likely N-dealkylation sites (tertiary alicyclic amines) is 1. The Balaban J connectivity index is 2.49. The van der Waals surface area contributed by atoms with Crippen LogP contribution < -0.4 is 5.32 Å². The van der Waals surface area contributed by atoms with E-state index in [0.717, 1.165) is 36.8 Å². The quantitative estimate of drug-likeness (QED) is 0.759. The van der Waals surface area contributed by atoms with Crippen LogP contribution in [0.4, 0.5) is 0 Å². The minimum Gasteiger partial charge on any atom is -0.315 e. The third-order valence-electron chi connectivity index (χ3n) is 4.89. The molecule has 0 bridgehead atoms. The molecule has 20 heavy (non-hydrogen) atoms. The molecule has 2 atom stereocenters. The van der Waals surface area contributed by atoms with Crippen LogP contribution in [0.3, 0.4) is 0 Å². The van der Waals surface area contributed by atoms with Crippen molar-refractivity contribution >= 4 is 0 Å².